The van der Waals surface area contributed by atoms with Gasteiger partial charge in [0.1, 0.15) is 5.82 Å². The molecule has 2 N–H and O–H groups in total. The van der Waals surface area contributed by atoms with Crippen LogP contribution in [0, 0.1) is 0 Å². The molecule has 1 aromatic heterocycles. The van der Waals surface area contributed by atoms with E-state index >= 15 is 0 Å². The van der Waals surface area contributed by atoms with Crippen molar-refractivity contribution < 1.29 is 4.79 Å². The van der Waals surface area contributed by atoms with Gasteiger partial charge in [-0.05, 0) is 43.7 Å². The first-order valence-corrected chi connectivity index (χ1v) is 8.72. The van der Waals surface area contributed by atoms with Crippen LogP contribution in [0.5, 0.6) is 0 Å². The van der Waals surface area contributed by atoms with Crippen molar-refractivity contribution >= 4 is 17.4 Å². The van der Waals surface area contributed by atoms with Crippen LogP contribution in [0.25, 0.3) is 11.4 Å². The van der Waals surface area contributed by atoms with Gasteiger partial charge in [0.2, 0.25) is 0 Å². The summed E-state index contributed by atoms with van der Waals surface area (Å²) in [6, 6.07) is 19.2. The molecule has 3 aromatic rings. The zero-order valence-corrected chi connectivity index (χ0v) is 14.9. The van der Waals surface area contributed by atoms with Gasteiger partial charge in [-0.15, -0.1) is 0 Å². The number of nitrogens with zero attached hydrogens (tertiary/aromatic N) is 2. The molecule has 5 heteroatoms. The van der Waals surface area contributed by atoms with Gasteiger partial charge in [0, 0.05) is 29.1 Å². The summed E-state index contributed by atoms with van der Waals surface area (Å²) < 4.78 is 0. The average Bonchev–Trinajstić information content (AvgIpc) is 2.69. The summed E-state index contributed by atoms with van der Waals surface area (Å²) in [4.78, 5) is 21.0. The molecule has 3 rings (SSSR count). The summed E-state index contributed by atoms with van der Waals surface area (Å²) in [5, 5.41) is 6.21. The summed E-state index contributed by atoms with van der Waals surface area (Å²) in [6.07, 6.45) is 2.63. The third-order valence-electron chi connectivity index (χ3n) is 4.10. The zero-order valence-electron chi connectivity index (χ0n) is 14.9. The number of rotatable bonds is 6. The third kappa shape index (κ3) is 4.45. The lowest BCUT2D eigenvalue weighted by Gasteiger charge is -2.12. The number of benzene rings is 2. The van der Waals surface area contributed by atoms with Crippen LogP contribution in [0.1, 0.15) is 30.6 Å². The van der Waals surface area contributed by atoms with Gasteiger partial charge in [-0.2, -0.15) is 0 Å². The Hall–Kier alpha value is -3.21. The van der Waals surface area contributed by atoms with E-state index in [0.717, 1.165) is 17.7 Å². The van der Waals surface area contributed by atoms with Gasteiger partial charge in [-0.1, -0.05) is 37.3 Å². The Morgan fingerprint density at radius 1 is 1.04 bits per heavy atom. The van der Waals surface area contributed by atoms with Crippen molar-refractivity contribution in [2.24, 2.45) is 0 Å². The fourth-order valence-corrected chi connectivity index (χ4v) is 2.42. The standard InChI is InChI=1S/C21H22N4O/c1-3-15(2)23-21(26)17-9-11-18(12-10-17)24-19-13-14-22-20(25-19)16-7-5-4-6-8-16/h4-15H,3H2,1-2H3,(H,23,26)(H,22,24,25)/t15-/m0/s1. The van der Waals surface area contributed by atoms with Crippen molar-refractivity contribution in [1.29, 1.82) is 0 Å². The van der Waals surface area contributed by atoms with Crippen molar-refractivity contribution in [2.75, 3.05) is 5.32 Å². The number of nitrogens with one attached hydrogen (secondary N) is 2. The highest BCUT2D eigenvalue weighted by molar-refractivity contribution is 5.94. The molecule has 1 heterocycles. The van der Waals surface area contributed by atoms with Crippen LogP contribution in [0.4, 0.5) is 11.5 Å². The van der Waals surface area contributed by atoms with Gasteiger partial charge in [-0.3, -0.25) is 4.79 Å². The maximum atomic E-state index is 12.1. The van der Waals surface area contributed by atoms with Crippen LogP contribution >= 0.6 is 0 Å². The first kappa shape index (κ1) is 17.6. The average molecular weight is 346 g/mol. The van der Waals surface area contributed by atoms with Gasteiger partial charge in [-0.25, -0.2) is 9.97 Å². The minimum atomic E-state index is -0.0562. The van der Waals surface area contributed by atoms with E-state index in [4.69, 9.17) is 0 Å². The Labute approximate surface area is 153 Å². The molecule has 0 aliphatic rings. The highest BCUT2D eigenvalue weighted by Gasteiger charge is 2.08. The zero-order chi connectivity index (χ0) is 18.4. The summed E-state index contributed by atoms with van der Waals surface area (Å²) >= 11 is 0. The smallest absolute Gasteiger partial charge is 0.251 e. The molecule has 0 radical (unpaired) electrons. The number of hydrogen-bond donors (Lipinski definition) is 2. The van der Waals surface area contributed by atoms with Crippen molar-refractivity contribution in [3.05, 3.63) is 72.4 Å². The predicted molar refractivity (Wildman–Crippen MR) is 104 cm³/mol. The monoisotopic (exact) mass is 346 g/mol. The van der Waals surface area contributed by atoms with E-state index in [-0.39, 0.29) is 11.9 Å². The molecule has 1 atom stereocenters. The van der Waals surface area contributed by atoms with E-state index in [0.29, 0.717) is 17.2 Å². The van der Waals surface area contributed by atoms with Gasteiger partial charge < -0.3 is 10.6 Å². The number of carbonyl (C=O) groups is 1. The van der Waals surface area contributed by atoms with Gasteiger partial charge in [0.15, 0.2) is 5.82 Å². The van der Waals surface area contributed by atoms with Gasteiger partial charge >= 0.3 is 0 Å². The number of carbonyl (C=O) groups excluding carboxylic acids is 1. The topological polar surface area (TPSA) is 66.9 Å². The van der Waals surface area contributed by atoms with Crippen LogP contribution in [0.3, 0.4) is 0 Å². The quantitative estimate of drug-likeness (QED) is 0.693. The number of amides is 1. The Balaban J connectivity index is 1.71. The SMILES string of the molecule is CC[C@H](C)NC(=O)c1ccc(Nc2ccnc(-c3ccccc3)n2)cc1. The number of anilines is 2. The third-order valence-corrected chi connectivity index (χ3v) is 4.10. The summed E-state index contributed by atoms with van der Waals surface area (Å²) in [7, 11) is 0. The van der Waals surface area contributed by atoms with Crippen LogP contribution in [-0.2, 0) is 0 Å². The Morgan fingerprint density at radius 2 is 1.77 bits per heavy atom. The fourth-order valence-electron chi connectivity index (χ4n) is 2.42. The largest absolute Gasteiger partial charge is 0.350 e. The second kappa shape index (κ2) is 8.25. The van der Waals surface area contributed by atoms with Crippen LogP contribution in [0.2, 0.25) is 0 Å². The number of aromatic nitrogens is 2. The lowest BCUT2D eigenvalue weighted by Crippen LogP contribution is -2.31. The van der Waals surface area contributed by atoms with E-state index in [1.54, 1.807) is 18.3 Å². The van der Waals surface area contributed by atoms with E-state index < -0.39 is 0 Å². The minimum absolute atomic E-state index is 0.0562. The molecular formula is C21H22N4O. The Bertz CT molecular complexity index is 863. The molecule has 26 heavy (non-hydrogen) atoms. The van der Waals surface area contributed by atoms with E-state index in [2.05, 4.69) is 20.6 Å². The maximum Gasteiger partial charge on any atom is 0.251 e. The van der Waals surface area contributed by atoms with Crippen LogP contribution in [0.15, 0.2) is 66.9 Å². The van der Waals surface area contributed by atoms with E-state index in [1.807, 2.05) is 62.4 Å². The molecule has 0 saturated heterocycles. The lowest BCUT2D eigenvalue weighted by atomic mass is 10.1. The molecular weight excluding hydrogens is 324 g/mol. The predicted octanol–water partition coefficient (Wildman–Crippen LogP) is 4.42. The molecule has 0 unspecified atom stereocenters. The summed E-state index contributed by atoms with van der Waals surface area (Å²) in [5.74, 6) is 1.31. The van der Waals surface area contributed by atoms with E-state index in [9.17, 15) is 4.79 Å². The second-order valence-electron chi connectivity index (χ2n) is 6.12. The highest BCUT2D eigenvalue weighted by atomic mass is 16.1. The summed E-state index contributed by atoms with van der Waals surface area (Å²) in [6.45, 7) is 4.04. The highest BCUT2D eigenvalue weighted by Crippen LogP contribution is 2.19. The second-order valence-corrected chi connectivity index (χ2v) is 6.12. The Morgan fingerprint density at radius 3 is 2.46 bits per heavy atom. The molecule has 0 aliphatic carbocycles. The first-order valence-electron chi connectivity index (χ1n) is 8.72. The molecule has 132 valence electrons. The molecule has 2 aromatic carbocycles. The molecule has 5 nitrogen and oxygen atoms in total. The van der Waals surface area contributed by atoms with E-state index in [1.165, 1.54) is 0 Å². The molecule has 0 bridgehead atoms. The lowest BCUT2D eigenvalue weighted by molar-refractivity contribution is 0.0939. The normalized spacial score (nSPS) is 11.6. The van der Waals surface area contributed by atoms with Crippen molar-refractivity contribution in [3.63, 3.8) is 0 Å². The van der Waals surface area contributed by atoms with Gasteiger partial charge in [0.05, 0.1) is 0 Å². The minimum Gasteiger partial charge on any atom is -0.350 e. The maximum absolute atomic E-state index is 12.1. The number of hydrogen-bond acceptors (Lipinski definition) is 4. The molecule has 0 saturated carbocycles. The van der Waals surface area contributed by atoms with Crippen molar-refractivity contribution in [2.45, 2.75) is 26.3 Å². The fraction of sp³-hybridized carbons (Fsp3) is 0.190. The van der Waals surface area contributed by atoms with Crippen LogP contribution < -0.4 is 10.6 Å². The Kier molecular flexibility index (Phi) is 5.59. The summed E-state index contributed by atoms with van der Waals surface area (Å²) in [5.41, 5.74) is 2.47. The van der Waals surface area contributed by atoms with Crippen molar-refractivity contribution in [3.8, 4) is 11.4 Å². The molecule has 0 spiro atoms. The van der Waals surface area contributed by atoms with Crippen molar-refractivity contribution in [1.82, 2.24) is 15.3 Å². The molecule has 0 fully saturated rings. The molecule has 0 aliphatic heterocycles. The first-order chi connectivity index (χ1) is 12.7. The van der Waals surface area contributed by atoms with Crippen LogP contribution in [-0.4, -0.2) is 21.9 Å². The van der Waals surface area contributed by atoms with Gasteiger partial charge in [0.25, 0.3) is 5.91 Å². The molecule has 1 amide bonds.